The molecule has 94 valence electrons. The van der Waals surface area contributed by atoms with Gasteiger partial charge in [0.05, 0.1) is 12.7 Å². The molecular weight excluding hydrogens is 214 g/mol. The van der Waals surface area contributed by atoms with Gasteiger partial charge in [-0.2, -0.15) is 0 Å². The molecule has 1 unspecified atom stereocenters. The molecule has 1 aromatic carbocycles. The fourth-order valence-electron chi connectivity index (χ4n) is 1.81. The van der Waals surface area contributed by atoms with Crippen LogP contribution in [0, 0.1) is 5.92 Å². The van der Waals surface area contributed by atoms with Crippen LogP contribution in [-0.2, 0) is 4.74 Å². The van der Waals surface area contributed by atoms with E-state index in [9.17, 15) is 4.79 Å². The van der Waals surface area contributed by atoms with Gasteiger partial charge in [0.15, 0.2) is 0 Å². The maximum atomic E-state index is 11.4. The lowest BCUT2D eigenvalue weighted by Crippen LogP contribution is -2.24. The molecule has 0 saturated carbocycles. The summed E-state index contributed by atoms with van der Waals surface area (Å²) in [5.41, 5.74) is 1.55. The minimum absolute atomic E-state index is 0.300. The highest BCUT2D eigenvalue weighted by atomic mass is 16.5. The molecule has 1 aromatic rings. The highest BCUT2D eigenvalue weighted by Crippen LogP contribution is 2.17. The Hall–Kier alpha value is -1.51. The van der Waals surface area contributed by atoms with Crippen LogP contribution in [0.4, 0.5) is 5.69 Å². The summed E-state index contributed by atoms with van der Waals surface area (Å²) in [6.07, 6.45) is 1.06. The van der Waals surface area contributed by atoms with E-state index < -0.39 is 0 Å². The first-order valence-electron chi connectivity index (χ1n) is 6.03. The summed E-state index contributed by atoms with van der Waals surface area (Å²) in [4.78, 5) is 11.4. The lowest BCUT2D eigenvalue weighted by Gasteiger charge is -2.22. The Morgan fingerprint density at radius 1 is 1.41 bits per heavy atom. The first-order chi connectivity index (χ1) is 8.08. The van der Waals surface area contributed by atoms with E-state index in [-0.39, 0.29) is 5.97 Å². The van der Waals surface area contributed by atoms with Gasteiger partial charge < -0.3 is 10.1 Å². The monoisotopic (exact) mass is 235 g/mol. The maximum absolute atomic E-state index is 11.4. The number of rotatable bonds is 5. The van der Waals surface area contributed by atoms with Gasteiger partial charge >= 0.3 is 5.97 Å². The number of esters is 1. The van der Waals surface area contributed by atoms with Crippen LogP contribution >= 0.6 is 0 Å². The summed E-state index contributed by atoms with van der Waals surface area (Å²) in [5, 5.41) is 3.44. The van der Waals surface area contributed by atoms with Crippen LogP contribution in [0.5, 0.6) is 0 Å². The number of hydrogen-bond donors (Lipinski definition) is 1. The number of nitrogens with one attached hydrogen (secondary N) is 1. The average Bonchev–Trinajstić information content (AvgIpc) is 2.34. The molecule has 3 nitrogen and oxygen atoms in total. The Kier molecular flexibility index (Phi) is 5.01. The van der Waals surface area contributed by atoms with Crippen molar-refractivity contribution in [3.8, 4) is 0 Å². The summed E-state index contributed by atoms with van der Waals surface area (Å²) < 4.78 is 4.70. The number of benzene rings is 1. The predicted molar refractivity (Wildman–Crippen MR) is 70.3 cm³/mol. The number of ether oxygens (including phenoxy) is 1. The number of carbonyl (C=O) groups is 1. The molecule has 1 N–H and O–H groups in total. The molecule has 0 fully saturated rings. The zero-order valence-electron chi connectivity index (χ0n) is 11.0. The van der Waals surface area contributed by atoms with Gasteiger partial charge in [-0.25, -0.2) is 4.79 Å². The van der Waals surface area contributed by atoms with Crippen molar-refractivity contribution in [2.45, 2.75) is 33.2 Å². The summed E-state index contributed by atoms with van der Waals surface area (Å²) >= 11 is 0. The van der Waals surface area contributed by atoms with Crippen LogP contribution in [0.15, 0.2) is 24.3 Å². The highest BCUT2D eigenvalue weighted by Gasteiger charge is 2.11. The van der Waals surface area contributed by atoms with E-state index in [2.05, 4.69) is 26.1 Å². The van der Waals surface area contributed by atoms with Crippen LogP contribution in [0.1, 0.15) is 37.6 Å². The van der Waals surface area contributed by atoms with E-state index in [1.807, 2.05) is 18.2 Å². The van der Waals surface area contributed by atoms with Crippen molar-refractivity contribution < 1.29 is 9.53 Å². The fourth-order valence-corrected chi connectivity index (χ4v) is 1.81. The molecule has 0 radical (unpaired) electrons. The Morgan fingerprint density at radius 2 is 2.12 bits per heavy atom. The van der Waals surface area contributed by atoms with Crippen LogP contribution in [-0.4, -0.2) is 19.1 Å². The molecule has 0 aliphatic carbocycles. The van der Waals surface area contributed by atoms with Crippen molar-refractivity contribution in [1.82, 2.24) is 0 Å². The van der Waals surface area contributed by atoms with E-state index in [4.69, 9.17) is 4.74 Å². The normalized spacial score (nSPS) is 12.3. The summed E-state index contributed by atoms with van der Waals surface area (Å²) in [7, 11) is 1.39. The molecule has 1 atom stereocenters. The van der Waals surface area contributed by atoms with Crippen molar-refractivity contribution in [3.05, 3.63) is 29.8 Å². The minimum atomic E-state index is -0.300. The average molecular weight is 235 g/mol. The second-order valence-corrected chi connectivity index (χ2v) is 4.48. The van der Waals surface area contributed by atoms with Gasteiger partial charge in [-0.1, -0.05) is 26.8 Å². The fraction of sp³-hybridized carbons (Fsp3) is 0.500. The smallest absolute Gasteiger partial charge is 0.337 e. The van der Waals surface area contributed by atoms with Crippen molar-refractivity contribution in [1.29, 1.82) is 0 Å². The third-order valence-corrected chi connectivity index (χ3v) is 2.88. The van der Waals surface area contributed by atoms with Crippen LogP contribution in [0.2, 0.25) is 0 Å². The Morgan fingerprint density at radius 3 is 2.65 bits per heavy atom. The minimum Gasteiger partial charge on any atom is -0.465 e. The Bertz CT molecular complexity index is 374. The molecule has 0 saturated heterocycles. The SMILES string of the molecule is CCC(Nc1cccc(C(=O)OC)c1)C(C)C. The van der Waals surface area contributed by atoms with E-state index >= 15 is 0 Å². The molecule has 0 heterocycles. The van der Waals surface area contributed by atoms with Gasteiger partial charge in [0.25, 0.3) is 0 Å². The zero-order valence-corrected chi connectivity index (χ0v) is 11.0. The van der Waals surface area contributed by atoms with Gasteiger partial charge in [0.2, 0.25) is 0 Å². The van der Waals surface area contributed by atoms with Gasteiger partial charge in [-0.15, -0.1) is 0 Å². The predicted octanol–water partition coefficient (Wildman–Crippen LogP) is 3.32. The lowest BCUT2D eigenvalue weighted by atomic mass is 10.0. The second-order valence-electron chi connectivity index (χ2n) is 4.48. The highest BCUT2D eigenvalue weighted by molar-refractivity contribution is 5.90. The number of anilines is 1. The standard InChI is InChI=1S/C14H21NO2/c1-5-13(10(2)3)15-12-8-6-7-11(9-12)14(16)17-4/h6-10,13,15H,5H2,1-4H3. The molecule has 0 spiro atoms. The van der Waals surface area contributed by atoms with Crippen LogP contribution < -0.4 is 5.32 Å². The maximum Gasteiger partial charge on any atom is 0.337 e. The zero-order chi connectivity index (χ0) is 12.8. The molecule has 0 amide bonds. The van der Waals surface area contributed by atoms with Crippen LogP contribution in [0.25, 0.3) is 0 Å². The molecular formula is C14H21NO2. The summed E-state index contributed by atoms with van der Waals surface area (Å²) in [6, 6.07) is 7.84. The second kappa shape index (κ2) is 6.28. The van der Waals surface area contributed by atoms with Gasteiger partial charge in [-0.3, -0.25) is 0 Å². The van der Waals surface area contributed by atoms with Crippen molar-refractivity contribution >= 4 is 11.7 Å². The molecule has 0 aliphatic rings. The van der Waals surface area contributed by atoms with E-state index in [1.165, 1.54) is 7.11 Å². The first-order valence-corrected chi connectivity index (χ1v) is 6.03. The Balaban J connectivity index is 2.81. The van der Waals surface area contributed by atoms with Crippen LogP contribution in [0.3, 0.4) is 0 Å². The van der Waals surface area contributed by atoms with Gasteiger partial charge in [0.1, 0.15) is 0 Å². The van der Waals surface area contributed by atoms with Crippen molar-refractivity contribution in [3.63, 3.8) is 0 Å². The van der Waals surface area contributed by atoms with E-state index in [1.54, 1.807) is 6.07 Å². The topological polar surface area (TPSA) is 38.3 Å². The van der Waals surface area contributed by atoms with E-state index in [0.717, 1.165) is 12.1 Å². The lowest BCUT2D eigenvalue weighted by molar-refractivity contribution is 0.0601. The first kappa shape index (κ1) is 13.6. The van der Waals surface area contributed by atoms with Gasteiger partial charge in [0, 0.05) is 11.7 Å². The quantitative estimate of drug-likeness (QED) is 0.796. The molecule has 0 aliphatic heterocycles. The number of hydrogen-bond acceptors (Lipinski definition) is 3. The van der Waals surface area contributed by atoms with Gasteiger partial charge in [-0.05, 0) is 30.5 Å². The number of carbonyl (C=O) groups excluding carboxylic acids is 1. The molecule has 1 rings (SSSR count). The molecule has 0 bridgehead atoms. The molecule has 0 aromatic heterocycles. The number of methoxy groups -OCH3 is 1. The van der Waals surface area contributed by atoms with Crippen molar-refractivity contribution in [2.24, 2.45) is 5.92 Å². The van der Waals surface area contributed by atoms with Crippen molar-refractivity contribution in [2.75, 3.05) is 12.4 Å². The van der Waals surface area contributed by atoms with E-state index in [0.29, 0.717) is 17.5 Å². The molecule has 3 heteroatoms. The third-order valence-electron chi connectivity index (χ3n) is 2.88. The largest absolute Gasteiger partial charge is 0.465 e. The Labute approximate surface area is 103 Å². The third kappa shape index (κ3) is 3.77. The summed E-state index contributed by atoms with van der Waals surface area (Å²) in [6.45, 7) is 6.53. The summed E-state index contributed by atoms with van der Waals surface area (Å²) in [5.74, 6) is 0.257. The molecule has 17 heavy (non-hydrogen) atoms.